The molecule has 1 heterocycles. The third-order valence-electron chi connectivity index (χ3n) is 6.22. The first-order chi connectivity index (χ1) is 16.3. The van der Waals surface area contributed by atoms with Crippen LogP contribution in [-0.2, 0) is 22.6 Å². The molecule has 3 rings (SSSR count). The van der Waals surface area contributed by atoms with Crippen LogP contribution in [0.15, 0.2) is 54.7 Å². The summed E-state index contributed by atoms with van der Waals surface area (Å²) in [7, 11) is 4.03. The van der Waals surface area contributed by atoms with Gasteiger partial charge in [-0.2, -0.15) is 0 Å². The monoisotopic (exact) mass is 462 g/mol. The smallest absolute Gasteiger partial charge is 0.242 e. The van der Waals surface area contributed by atoms with Crippen molar-refractivity contribution < 1.29 is 9.59 Å². The highest BCUT2D eigenvalue weighted by Gasteiger charge is 2.23. The second-order valence-electron chi connectivity index (χ2n) is 9.35. The quantitative estimate of drug-likeness (QED) is 0.443. The van der Waals surface area contributed by atoms with Gasteiger partial charge in [0.1, 0.15) is 0 Å². The van der Waals surface area contributed by atoms with Gasteiger partial charge in [0.25, 0.3) is 0 Å². The van der Waals surface area contributed by atoms with Gasteiger partial charge < -0.3 is 19.7 Å². The van der Waals surface area contributed by atoms with Crippen molar-refractivity contribution >= 4 is 28.4 Å². The minimum absolute atomic E-state index is 0.0159. The second kappa shape index (κ2) is 11.7. The molecule has 0 aliphatic rings. The first kappa shape index (κ1) is 25.3. The van der Waals surface area contributed by atoms with Gasteiger partial charge >= 0.3 is 0 Å². The Morgan fingerprint density at radius 3 is 2.32 bits per heavy atom. The fourth-order valence-corrected chi connectivity index (χ4v) is 4.17. The zero-order chi connectivity index (χ0) is 24.7. The van der Waals surface area contributed by atoms with Gasteiger partial charge in [0, 0.05) is 62.4 Å². The normalized spacial score (nSPS) is 11.1. The van der Waals surface area contributed by atoms with Crippen LogP contribution in [0.1, 0.15) is 44.7 Å². The van der Waals surface area contributed by atoms with E-state index in [1.54, 1.807) is 4.90 Å². The van der Waals surface area contributed by atoms with Crippen molar-refractivity contribution in [3.63, 3.8) is 0 Å². The number of nitrogens with one attached hydrogen (secondary N) is 1. The van der Waals surface area contributed by atoms with Crippen molar-refractivity contribution in [3.05, 3.63) is 65.9 Å². The Bertz CT molecular complexity index is 1090. The maximum atomic E-state index is 13.5. The SMILES string of the molecule is CCCC(=O)N(CC(=O)N(CCc1c[nH]c2ccccc12)Cc1ccc(N(C)C)cc1)C(C)C. The predicted octanol–water partition coefficient (Wildman–Crippen LogP) is 4.84. The summed E-state index contributed by atoms with van der Waals surface area (Å²) in [5, 5.41) is 1.19. The van der Waals surface area contributed by atoms with Gasteiger partial charge in [0.05, 0.1) is 6.54 Å². The number of nitrogens with zero attached hydrogens (tertiary/aromatic N) is 3. The standard InChI is InChI=1S/C28H38N4O2/c1-6-9-27(33)32(21(2)3)20-28(34)31(19-22-12-14-24(15-13-22)30(4)5)17-16-23-18-29-26-11-8-7-10-25(23)26/h7-8,10-15,18,21,29H,6,9,16-17,19-20H2,1-5H3. The number of aromatic amines is 1. The molecule has 6 nitrogen and oxygen atoms in total. The molecule has 2 aromatic carbocycles. The Morgan fingerprint density at radius 2 is 1.68 bits per heavy atom. The summed E-state index contributed by atoms with van der Waals surface area (Å²) in [5.41, 5.74) is 4.50. The van der Waals surface area contributed by atoms with E-state index in [4.69, 9.17) is 0 Å². The average molecular weight is 463 g/mol. The van der Waals surface area contributed by atoms with E-state index in [9.17, 15) is 9.59 Å². The Balaban J connectivity index is 1.79. The summed E-state index contributed by atoms with van der Waals surface area (Å²) in [6.07, 6.45) is 4.02. The molecule has 0 radical (unpaired) electrons. The van der Waals surface area contributed by atoms with E-state index in [1.807, 2.05) is 58.1 Å². The van der Waals surface area contributed by atoms with Crippen LogP contribution in [0.5, 0.6) is 0 Å². The number of hydrogen-bond acceptors (Lipinski definition) is 3. The summed E-state index contributed by atoms with van der Waals surface area (Å²) in [6.45, 7) is 7.14. The summed E-state index contributed by atoms with van der Waals surface area (Å²) in [5.74, 6) is 0.0208. The largest absolute Gasteiger partial charge is 0.378 e. The van der Waals surface area contributed by atoms with Crippen molar-refractivity contribution in [1.82, 2.24) is 14.8 Å². The minimum Gasteiger partial charge on any atom is -0.378 e. The molecule has 0 saturated heterocycles. The van der Waals surface area contributed by atoms with Crippen molar-refractivity contribution in [3.8, 4) is 0 Å². The number of hydrogen-bond donors (Lipinski definition) is 1. The number of carbonyl (C=O) groups is 2. The lowest BCUT2D eigenvalue weighted by atomic mass is 10.1. The lowest BCUT2D eigenvalue weighted by Gasteiger charge is -2.30. The maximum Gasteiger partial charge on any atom is 0.242 e. The van der Waals surface area contributed by atoms with Crippen LogP contribution in [0, 0.1) is 0 Å². The number of anilines is 1. The van der Waals surface area contributed by atoms with E-state index in [0.29, 0.717) is 19.5 Å². The average Bonchev–Trinajstić information content (AvgIpc) is 3.23. The maximum absolute atomic E-state index is 13.5. The fourth-order valence-electron chi connectivity index (χ4n) is 4.17. The molecule has 6 heteroatoms. The highest BCUT2D eigenvalue weighted by molar-refractivity contribution is 5.85. The van der Waals surface area contributed by atoms with Gasteiger partial charge in [0.15, 0.2) is 0 Å². The molecule has 1 aromatic heterocycles. The Hall–Kier alpha value is -3.28. The molecule has 0 fully saturated rings. The number of para-hydroxylation sites is 1. The molecule has 182 valence electrons. The van der Waals surface area contributed by atoms with Crippen LogP contribution in [0.3, 0.4) is 0 Å². The predicted molar refractivity (Wildman–Crippen MR) is 140 cm³/mol. The first-order valence-corrected chi connectivity index (χ1v) is 12.2. The zero-order valence-electron chi connectivity index (χ0n) is 21.2. The van der Waals surface area contributed by atoms with Crippen LogP contribution < -0.4 is 4.90 Å². The van der Waals surface area contributed by atoms with Gasteiger partial charge in [-0.05, 0) is 56.0 Å². The summed E-state index contributed by atoms with van der Waals surface area (Å²) in [4.78, 5) is 35.1. The molecule has 0 aliphatic heterocycles. The van der Waals surface area contributed by atoms with Crippen LogP contribution in [0.4, 0.5) is 5.69 Å². The van der Waals surface area contributed by atoms with Crippen molar-refractivity contribution in [2.75, 3.05) is 32.1 Å². The van der Waals surface area contributed by atoms with Crippen LogP contribution in [-0.4, -0.2) is 59.8 Å². The highest BCUT2D eigenvalue weighted by Crippen LogP contribution is 2.20. The van der Waals surface area contributed by atoms with Gasteiger partial charge in [-0.3, -0.25) is 9.59 Å². The highest BCUT2D eigenvalue weighted by atomic mass is 16.2. The number of H-pyrrole nitrogens is 1. The molecule has 2 amide bonds. The van der Waals surface area contributed by atoms with Crippen molar-refractivity contribution in [1.29, 1.82) is 0 Å². The number of fused-ring (bicyclic) bond motifs is 1. The third kappa shape index (κ3) is 6.40. The van der Waals surface area contributed by atoms with Crippen molar-refractivity contribution in [2.24, 2.45) is 0 Å². The molecule has 1 N–H and O–H groups in total. The van der Waals surface area contributed by atoms with E-state index < -0.39 is 0 Å². The second-order valence-corrected chi connectivity index (χ2v) is 9.35. The van der Waals surface area contributed by atoms with E-state index in [0.717, 1.165) is 29.6 Å². The van der Waals surface area contributed by atoms with E-state index in [2.05, 4.69) is 46.3 Å². The Morgan fingerprint density at radius 1 is 0.971 bits per heavy atom. The molecule has 0 bridgehead atoms. The summed E-state index contributed by atoms with van der Waals surface area (Å²) >= 11 is 0. The molecule has 0 unspecified atom stereocenters. The first-order valence-electron chi connectivity index (χ1n) is 12.2. The van der Waals surface area contributed by atoms with Crippen LogP contribution >= 0.6 is 0 Å². The van der Waals surface area contributed by atoms with Crippen LogP contribution in [0.25, 0.3) is 10.9 Å². The van der Waals surface area contributed by atoms with Crippen LogP contribution in [0.2, 0.25) is 0 Å². The fraction of sp³-hybridized carbons (Fsp3) is 0.429. The lowest BCUT2D eigenvalue weighted by molar-refractivity contribution is -0.142. The molecule has 0 saturated carbocycles. The molecule has 3 aromatic rings. The Labute approximate surface area is 203 Å². The number of benzene rings is 2. The molecular weight excluding hydrogens is 424 g/mol. The number of aromatic nitrogens is 1. The topological polar surface area (TPSA) is 59.7 Å². The molecular formula is C28H38N4O2. The van der Waals surface area contributed by atoms with E-state index in [1.165, 1.54) is 10.9 Å². The van der Waals surface area contributed by atoms with Gasteiger partial charge in [0.2, 0.25) is 11.8 Å². The summed E-state index contributed by atoms with van der Waals surface area (Å²) in [6, 6.07) is 16.5. The van der Waals surface area contributed by atoms with Gasteiger partial charge in [-0.15, -0.1) is 0 Å². The molecule has 0 aliphatic carbocycles. The van der Waals surface area contributed by atoms with Crippen molar-refractivity contribution in [2.45, 2.75) is 52.6 Å². The number of rotatable bonds is 11. The number of carbonyl (C=O) groups excluding carboxylic acids is 2. The van der Waals surface area contributed by atoms with E-state index in [-0.39, 0.29) is 24.4 Å². The zero-order valence-corrected chi connectivity index (χ0v) is 21.2. The summed E-state index contributed by atoms with van der Waals surface area (Å²) < 4.78 is 0. The third-order valence-corrected chi connectivity index (χ3v) is 6.22. The Kier molecular flexibility index (Phi) is 8.74. The minimum atomic E-state index is -0.0188. The molecule has 0 atom stereocenters. The van der Waals surface area contributed by atoms with E-state index >= 15 is 0 Å². The van der Waals surface area contributed by atoms with Gasteiger partial charge in [-0.25, -0.2) is 0 Å². The molecule has 0 spiro atoms. The molecule has 34 heavy (non-hydrogen) atoms. The number of amides is 2. The lowest BCUT2D eigenvalue weighted by Crippen LogP contribution is -2.46. The van der Waals surface area contributed by atoms with Gasteiger partial charge in [-0.1, -0.05) is 37.3 Å².